The Morgan fingerprint density at radius 1 is 1.10 bits per heavy atom. The third-order valence-corrected chi connectivity index (χ3v) is 2.29. The molecule has 0 radical (unpaired) electrons. The fraction of sp³-hybridized carbons (Fsp3) is 0.200. The van der Waals surface area contributed by atoms with Gasteiger partial charge < -0.3 is 30.9 Å². The second kappa shape index (κ2) is 10.1. The Morgan fingerprint density at radius 3 is 1.90 bits per heavy atom. The van der Waals surface area contributed by atoms with Gasteiger partial charge in [0.25, 0.3) is 5.69 Å². The van der Waals surface area contributed by atoms with E-state index in [1.165, 1.54) is 12.1 Å². The first-order chi connectivity index (χ1) is 8.82. The molecule has 1 aromatic rings. The molecule has 21 heavy (non-hydrogen) atoms. The van der Waals surface area contributed by atoms with Gasteiger partial charge in [-0.2, -0.15) is 0 Å². The number of non-ortho nitro benzene ring substituents is 1. The molecule has 0 heterocycles. The second-order valence-corrected chi connectivity index (χ2v) is 3.59. The van der Waals surface area contributed by atoms with Crippen LogP contribution in [-0.4, -0.2) is 28.9 Å². The van der Waals surface area contributed by atoms with Gasteiger partial charge in [-0.25, -0.2) is 0 Å². The van der Waals surface area contributed by atoms with Crippen molar-refractivity contribution in [2.45, 2.75) is 12.1 Å². The van der Waals surface area contributed by atoms with Crippen LogP contribution in [0.25, 0.3) is 0 Å². The molecular formula is C10H9N3Na2O6. The van der Waals surface area contributed by atoms with Crippen LogP contribution in [0.2, 0.25) is 0 Å². The van der Waals surface area contributed by atoms with Gasteiger partial charge in [0.2, 0.25) is 0 Å². The number of benzene rings is 1. The molecule has 9 nitrogen and oxygen atoms in total. The molecule has 0 spiro atoms. The molecule has 0 aliphatic heterocycles. The molecule has 0 fully saturated rings. The van der Waals surface area contributed by atoms with Gasteiger partial charge in [-0.15, -0.1) is 0 Å². The number of nitro benzene ring substituents is 1. The van der Waals surface area contributed by atoms with Crippen LogP contribution in [0, 0.1) is 10.1 Å². The zero-order valence-corrected chi connectivity index (χ0v) is 15.4. The third kappa shape index (κ3) is 6.74. The van der Waals surface area contributed by atoms with Crippen molar-refractivity contribution in [1.29, 1.82) is 0 Å². The van der Waals surface area contributed by atoms with E-state index >= 15 is 0 Å². The quantitative estimate of drug-likeness (QED) is 0.297. The van der Waals surface area contributed by atoms with Crippen molar-refractivity contribution in [3.63, 3.8) is 0 Å². The van der Waals surface area contributed by atoms with E-state index in [0.717, 1.165) is 12.1 Å². The Labute approximate surface area is 163 Å². The maximum atomic E-state index is 10.8. The minimum Gasteiger partial charge on any atom is -0.548 e. The van der Waals surface area contributed by atoms with Crippen molar-refractivity contribution >= 4 is 23.3 Å². The van der Waals surface area contributed by atoms with Crippen LogP contribution in [0.15, 0.2) is 24.3 Å². The molecule has 3 N–H and O–H groups in total. The summed E-state index contributed by atoms with van der Waals surface area (Å²) in [6.45, 7) is 0. The molecule has 2 atom stereocenters. The number of carboxylic acid groups (broad SMARTS) is 2. The zero-order chi connectivity index (χ0) is 14.6. The fourth-order valence-electron chi connectivity index (χ4n) is 1.29. The normalized spacial score (nSPS) is 12.0. The number of nitrogens with two attached hydrogens (primary N) is 1. The first kappa shape index (κ1) is 22.6. The molecule has 0 saturated heterocycles. The third-order valence-electron chi connectivity index (χ3n) is 2.29. The minimum absolute atomic E-state index is 0. The van der Waals surface area contributed by atoms with Gasteiger partial charge in [-0.1, -0.05) is 0 Å². The monoisotopic (exact) mass is 313 g/mol. The molecule has 11 heteroatoms. The molecule has 1 rings (SSSR count). The molecule has 0 aliphatic carbocycles. The van der Waals surface area contributed by atoms with Crippen LogP contribution >= 0.6 is 0 Å². The number of anilines is 1. The smallest absolute Gasteiger partial charge is 0.548 e. The number of nitrogens with one attached hydrogen (secondary N) is 1. The predicted molar refractivity (Wildman–Crippen MR) is 58.5 cm³/mol. The van der Waals surface area contributed by atoms with Crippen molar-refractivity contribution in [2.24, 2.45) is 5.73 Å². The number of hydrogen-bond donors (Lipinski definition) is 2. The second-order valence-electron chi connectivity index (χ2n) is 3.59. The van der Waals surface area contributed by atoms with E-state index in [0.29, 0.717) is 0 Å². The van der Waals surface area contributed by atoms with Crippen LogP contribution < -0.4 is 80.4 Å². The number of carbonyl (C=O) groups is 2. The molecule has 0 aromatic heterocycles. The summed E-state index contributed by atoms with van der Waals surface area (Å²) in [5.41, 5.74) is 5.09. The van der Waals surface area contributed by atoms with Crippen LogP contribution in [-0.2, 0) is 9.59 Å². The fourth-order valence-corrected chi connectivity index (χ4v) is 1.29. The Balaban J connectivity index is 0. The average molecular weight is 313 g/mol. The Hall–Kier alpha value is -0.680. The van der Waals surface area contributed by atoms with Crippen LogP contribution in [0.5, 0.6) is 0 Å². The molecule has 0 bridgehead atoms. The number of rotatable bonds is 6. The van der Waals surface area contributed by atoms with Gasteiger partial charge in [0.15, 0.2) is 0 Å². The summed E-state index contributed by atoms with van der Waals surface area (Å²) in [6, 6.07) is 1.15. The first-order valence-corrected chi connectivity index (χ1v) is 5.01. The maximum absolute atomic E-state index is 10.8. The molecule has 0 aliphatic rings. The van der Waals surface area contributed by atoms with Gasteiger partial charge in [0.05, 0.1) is 28.9 Å². The summed E-state index contributed by atoms with van der Waals surface area (Å²) in [7, 11) is 0. The molecular weight excluding hydrogens is 304 g/mol. The van der Waals surface area contributed by atoms with Crippen molar-refractivity contribution in [1.82, 2.24) is 0 Å². The van der Waals surface area contributed by atoms with Crippen LogP contribution in [0.1, 0.15) is 0 Å². The summed E-state index contributed by atoms with van der Waals surface area (Å²) < 4.78 is 0. The van der Waals surface area contributed by atoms with Crippen molar-refractivity contribution < 1.29 is 83.8 Å². The standard InChI is InChI=1S/C10H11N3O6.2Na/c11-7(9(14)15)8(10(16)17)12-5-1-3-6(4-2-5)13(18)19;;/h1-4,7-8,12H,11H2,(H,14,15)(H,16,17);;/q;2*+1/p-2/t7-,8?;;/m0../s1. The Morgan fingerprint density at radius 2 is 1.57 bits per heavy atom. The largest absolute Gasteiger partial charge is 1.00 e. The summed E-state index contributed by atoms with van der Waals surface area (Å²) in [6.07, 6.45) is 0. The number of carbonyl (C=O) groups excluding carboxylic acids is 2. The van der Waals surface area contributed by atoms with E-state index in [1.807, 2.05) is 0 Å². The summed E-state index contributed by atoms with van der Waals surface area (Å²) in [5, 5.41) is 34.0. The first-order valence-electron chi connectivity index (χ1n) is 5.01. The molecule has 1 unspecified atom stereocenters. The average Bonchev–Trinajstić information content (AvgIpc) is 2.35. The summed E-state index contributed by atoms with van der Waals surface area (Å²) in [4.78, 5) is 31.1. The predicted octanol–water partition coefficient (Wildman–Crippen LogP) is -8.79. The van der Waals surface area contributed by atoms with Gasteiger partial charge in [-0.05, 0) is 12.1 Å². The number of hydrogen-bond acceptors (Lipinski definition) is 8. The summed E-state index contributed by atoms with van der Waals surface area (Å²) in [5.74, 6) is -3.49. The minimum atomic E-state index is -1.82. The van der Waals surface area contributed by atoms with Crippen molar-refractivity contribution in [2.75, 3.05) is 5.32 Å². The number of nitro groups is 1. The molecule has 0 saturated carbocycles. The van der Waals surface area contributed by atoms with E-state index < -0.39 is 28.9 Å². The summed E-state index contributed by atoms with van der Waals surface area (Å²) >= 11 is 0. The zero-order valence-electron chi connectivity index (χ0n) is 11.4. The Bertz CT molecular complexity index is 510. The number of carboxylic acids is 2. The van der Waals surface area contributed by atoms with Gasteiger partial charge >= 0.3 is 59.1 Å². The van der Waals surface area contributed by atoms with E-state index in [-0.39, 0.29) is 70.5 Å². The van der Waals surface area contributed by atoms with E-state index in [4.69, 9.17) is 5.73 Å². The molecule has 1 aromatic carbocycles. The topological polar surface area (TPSA) is 161 Å². The number of aliphatic carboxylic acids is 2. The van der Waals surface area contributed by atoms with E-state index in [2.05, 4.69) is 5.32 Å². The van der Waals surface area contributed by atoms with Gasteiger partial charge in [0.1, 0.15) is 0 Å². The van der Waals surface area contributed by atoms with E-state index in [9.17, 15) is 29.9 Å². The van der Waals surface area contributed by atoms with Crippen LogP contribution in [0.4, 0.5) is 11.4 Å². The van der Waals surface area contributed by atoms with Crippen LogP contribution in [0.3, 0.4) is 0 Å². The van der Waals surface area contributed by atoms with Gasteiger partial charge in [0, 0.05) is 17.8 Å². The number of nitrogens with zero attached hydrogens (tertiary/aromatic N) is 1. The SMILES string of the molecule is N[C@H](C(=O)[O-])C(Nc1ccc([N+](=O)[O-])cc1)C(=O)[O-].[Na+].[Na+]. The van der Waals surface area contributed by atoms with E-state index in [1.54, 1.807) is 0 Å². The van der Waals surface area contributed by atoms with Gasteiger partial charge in [-0.3, -0.25) is 10.1 Å². The molecule has 0 amide bonds. The van der Waals surface area contributed by atoms with Crippen molar-refractivity contribution in [3.05, 3.63) is 34.4 Å². The molecule has 102 valence electrons. The Kier molecular flexibility index (Phi) is 10.9. The maximum Gasteiger partial charge on any atom is 1.00 e. The van der Waals surface area contributed by atoms with Crippen molar-refractivity contribution in [3.8, 4) is 0 Å².